The molecular weight excluding hydrogens is 550 g/mol. The van der Waals surface area contributed by atoms with Crippen LogP contribution in [0, 0.1) is 6.92 Å². The second kappa shape index (κ2) is 10.3. The number of amides is 1. The maximum Gasteiger partial charge on any atom is 0.338 e. The van der Waals surface area contributed by atoms with Gasteiger partial charge in [0.1, 0.15) is 5.58 Å². The summed E-state index contributed by atoms with van der Waals surface area (Å²) in [5.41, 5.74) is 3.23. The lowest BCUT2D eigenvalue weighted by Gasteiger charge is -2.27. The first-order valence-electron chi connectivity index (χ1n) is 12.1. The van der Waals surface area contributed by atoms with E-state index in [9.17, 15) is 19.5 Å². The van der Waals surface area contributed by atoms with Crippen LogP contribution in [-0.4, -0.2) is 34.3 Å². The second-order valence-corrected chi connectivity index (χ2v) is 9.97. The molecule has 4 aromatic rings. The Hall–Kier alpha value is -4.17. The number of rotatable bonds is 7. The van der Waals surface area contributed by atoms with Crippen molar-refractivity contribution >= 4 is 44.6 Å². The summed E-state index contributed by atoms with van der Waals surface area (Å²) in [7, 11) is 0. The number of aliphatic hydroxyl groups is 1. The fraction of sp³-hybridized carbons (Fsp3) is 0.167. The number of ketones is 1. The average Bonchev–Trinajstić information content (AvgIpc) is 3.43. The van der Waals surface area contributed by atoms with E-state index in [1.807, 2.05) is 37.3 Å². The molecule has 7 nitrogen and oxygen atoms in total. The number of aryl methyl sites for hydroxylation is 1. The Morgan fingerprint density at radius 1 is 1.05 bits per heavy atom. The van der Waals surface area contributed by atoms with Gasteiger partial charge < -0.3 is 19.2 Å². The largest absolute Gasteiger partial charge is 0.503 e. The molecule has 1 aliphatic rings. The minimum Gasteiger partial charge on any atom is -0.503 e. The van der Waals surface area contributed by atoms with Gasteiger partial charge in [-0.15, -0.1) is 0 Å². The first-order valence-corrected chi connectivity index (χ1v) is 12.9. The van der Waals surface area contributed by atoms with Crippen molar-refractivity contribution in [3.8, 4) is 0 Å². The fourth-order valence-electron chi connectivity index (χ4n) is 4.65. The van der Waals surface area contributed by atoms with Gasteiger partial charge in [0.2, 0.25) is 5.78 Å². The van der Waals surface area contributed by atoms with E-state index in [0.29, 0.717) is 16.7 Å². The van der Waals surface area contributed by atoms with Gasteiger partial charge >= 0.3 is 5.97 Å². The summed E-state index contributed by atoms with van der Waals surface area (Å²) in [6.07, 6.45) is 0. The summed E-state index contributed by atoms with van der Waals surface area (Å²) in [4.78, 5) is 40.6. The monoisotopic (exact) mass is 573 g/mol. The predicted molar refractivity (Wildman–Crippen MR) is 145 cm³/mol. The molecule has 0 saturated heterocycles. The van der Waals surface area contributed by atoms with E-state index >= 15 is 0 Å². The molecule has 3 aromatic carbocycles. The fourth-order valence-corrected chi connectivity index (χ4v) is 5.03. The third-order valence-corrected chi connectivity index (χ3v) is 6.92. The molecule has 0 aliphatic carbocycles. The molecule has 0 fully saturated rings. The molecule has 1 aromatic heterocycles. The number of carbonyl (C=O) groups excluding carboxylic acids is 3. The van der Waals surface area contributed by atoms with Crippen LogP contribution in [0.5, 0.6) is 0 Å². The van der Waals surface area contributed by atoms with Crippen LogP contribution >= 0.6 is 15.9 Å². The summed E-state index contributed by atoms with van der Waals surface area (Å²) in [5, 5.41) is 11.7. The van der Waals surface area contributed by atoms with E-state index in [2.05, 4.69) is 15.9 Å². The number of fused-ring (bicyclic) bond motifs is 1. The van der Waals surface area contributed by atoms with E-state index in [1.165, 1.54) is 4.90 Å². The summed E-state index contributed by atoms with van der Waals surface area (Å²) in [6.45, 7) is 4.03. The Balaban J connectivity index is 1.53. The molecule has 192 valence electrons. The van der Waals surface area contributed by atoms with Crippen LogP contribution in [0.15, 0.2) is 93.0 Å². The Kier molecular flexibility index (Phi) is 6.91. The number of carbonyl (C=O) groups is 3. The minimum atomic E-state index is -0.834. The highest BCUT2D eigenvalue weighted by Gasteiger charge is 2.44. The predicted octanol–water partition coefficient (Wildman–Crippen LogP) is 6.46. The number of esters is 1. The van der Waals surface area contributed by atoms with Gasteiger partial charge in [0.05, 0.1) is 23.8 Å². The van der Waals surface area contributed by atoms with E-state index in [0.717, 1.165) is 21.0 Å². The van der Waals surface area contributed by atoms with Crippen LogP contribution in [-0.2, 0) is 16.1 Å². The van der Waals surface area contributed by atoms with Gasteiger partial charge in [-0.05, 0) is 61.4 Å². The van der Waals surface area contributed by atoms with Crippen LogP contribution in [0.4, 0.5) is 0 Å². The van der Waals surface area contributed by atoms with E-state index in [4.69, 9.17) is 9.15 Å². The van der Waals surface area contributed by atoms with Gasteiger partial charge in [-0.1, -0.05) is 57.9 Å². The number of benzene rings is 3. The number of hydrogen-bond donors (Lipinski definition) is 1. The van der Waals surface area contributed by atoms with Crippen LogP contribution in [0.25, 0.3) is 11.0 Å². The normalized spacial score (nSPS) is 15.4. The van der Waals surface area contributed by atoms with Crippen LogP contribution < -0.4 is 0 Å². The zero-order chi connectivity index (χ0) is 27.0. The molecule has 8 heteroatoms. The molecule has 0 saturated carbocycles. The highest BCUT2D eigenvalue weighted by atomic mass is 79.9. The third kappa shape index (κ3) is 4.75. The first kappa shape index (κ1) is 25.5. The lowest BCUT2D eigenvalue weighted by atomic mass is 9.94. The van der Waals surface area contributed by atoms with Crippen molar-refractivity contribution in [3.63, 3.8) is 0 Å². The quantitative estimate of drug-likeness (QED) is 0.201. The van der Waals surface area contributed by atoms with Crippen LogP contribution in [0.2, 0.25) is 0 Å². The molecule has 0 spiro atoms. The van der Waals surface area contributed by atoms with Crippen molar-refractivity contribution in [1.29, 1.82) is 0 Å². The SMILES string of the molecule is CCOC(=O)c1ccc(CN2C(=O)C(O)=C(C(=O)c3cc4cc(Br)ccc4o3)C2c2cccc(C)c2)cc1. The van der Waals surface area contributed by atoms with E-state index in [1.54, 1.807) is 49.4 Å². The standard InChI is InChI=1S/C30H24BrNO6/c1-3-37-30(36)19-9-7-18(8-10-19)16-32-26(20-6-4-5-17(2)13-20)25(28(34)29(32)35)27(33)24-15-21-14-22(31)11-12-23(21)38-24/h4-15,26,34H,3,16H2,1-2H3. The van der Waals surface area contributed by atoms with Crippen molar-refractivity contribution in [2.24, 2.45) is 0 Å². The molecule has 0 bridgehead atoms. The van der Waals surface area contributed by atoms with Crippen molar-refractivity contribution < 1.29 is 28.6 Å². The Labute approximate surface area is 227 Å². The molecule has 1 aliphatic heterocycles. The van der Waals surface area contributed by atoms with Gasteiger partial charge in [0, 0.05) is 16.4 Å². The number of Topliss-reactive ketones (excluding diaryl/α,β-unsaturated/α-hetero) is 1. The molecule has 38 heavy (non-hydrogen) atoms. The topological polar surface area (TPSA) is 97.0 Å². The molecule has 1 N–H and O–H groups in total. The number of ether oxygens (including phenoxy) is 1. The van der Waals surface area contributed by atoms with Crippen molar-refractivity contribution in [1.82, 2.24) is 4.90 Å². The number of halogens is 1. The molecule has 1 atom stereocenters. The zero-order valence-electron chi connectivity index (χ0n) is 20.7. The summed E-state index contributed by atoms with van der Waals surface area (Å²) in [6, 6.07) is 20.3. The summed E-state index contributed by atoms with van der Waals surface area (Å²) >= 11 is 3.42. The maximum atomic E-state index is 13.8. The Morgan fingerprint density at radius 2 is 1.82 bits per heavy atom. The minimum absolute atomic E-state index is 0.0331. The molecule has 5 rings (SSSR count). The number of aliphatic hydroxyl groups excluding tert-OH is 1. The van der Waals surface area contributed by atoms with Crippen LogP contribution in [0.1, 0.15) is 50.6 Å². The smallest absolute Gasteiger partial charge is 0.338 e. The number of furan rings is 1. The van der Waals surface area contributed by atoms with Gasteiger partial charge in [0.25, 0.3) is 5.91 Å². The van der Waals surface area contributed by atoms with Gasteiger partial charge in [-0.3, -0.25) is 9.59 Å². The summed E-state index contributed by atoms with van der Waals surface area (Å²) in [5.74, 6) is -2.22. The van der Waals surface area contributed by atoms with Gasteiger partial charge in [-0.25, -0.2) is 4.79 Å². The van der Waals surface area contributed by atoms with Crippen molar-refractivity contribution in [2.45, 2.75) is 26.4 Å². The number of hydrogen-bond acceptors (Lipinski definition) is 6. The van der Waals surface area contributed by atoms with Crippen molar-refractivity contribution in [3.05, 3.63) is 117 Å². The molecule has 0 radical (unpaired) electrons. The lowest BCUT2D eigenvalue weighted by molar-refractivity contribution is -0.130. The third-order valence-electron chi connectivity index (χ3n) is 6.43. The molecule has 1 unspecified atom stereocenters. The second-order valence-electron chi connectivity index (χ2n) is 9.05. The Bertz CT molecular complexity index is 1600. The maximum absolute atomic E-state index is 13.8. The summed E-state index contributed by atoms with van der Waals surface area (Å²) < 4.78 is 11.7. The molecular formula is C30H24BrNO6. The highest BCUT2D eigenvalue weighted by molar-refractivity contribution is 9.10. The molecule has 2 heterocycles. The first-order chi connectivity index (χ1) is 18.3. The van der Waals surface area contributed by atoms with Gasteiger partial charge in [-0.2, -0.15) is 0 Å². The highest BCUT2D eigenvalue weighted by Crippen LogP contribution is 2.41. The average molecular weight is 574 g/mol. The van der Waals surface area contributed by atoms with E-state index < -0.39 is 29.5 Å². The van der Waals surface area contributed by atoms with Crippen LogP contribution in [0.3, 0.4) is 0 Å². The molecule has 1 amide bonds. The number of nitrogens with zero attached hydrogens (tertiary/aromatic N) is 1. The Morgan fingerprint density at radius 3 is 2.53 bits per heavy atom. The lowest BCUT2D eigenvalue weighted by Crippen LogP contribution is -2.30. The van der Waals surface area contributed by atoms with E-state index in [-0.39, 0.29) is 24.5 Å². The van der Waals surface area contributed by atoms with Gasteiger partial charge in [0.15, 0.2) is 11.5 Å². The zero-order valence-corrected chi connectivity index (χ0v) is 22.3. The van der Waals surface area contributed by atoms with Crippen molar-refractivity contribution in [2.75, 3.05) is 6.61 Å².